The number of amides is 1. The number of carbonyl (C=O) groups excluding carboxylic acids is 1. The number of anilines is 2. The Morgan fingerprint density at radius 1 is 1.05 bits per heavy atom. The van der Waals surface area contributed by atoms with Crippen LogP contribution in [0, 0.1) is 0 Å². The summed E-state index contributed by atoms with van der Waals surface area (Å²) < 4.78 is 18.8. The lowest BCUT2D eigenvalue weighted by Gasteiger charge is -2.20. The largest absolute Gasteiger partial charge is 0.549 e. The molecule has 37 heavy (non-hydrogen) atoms. The molecule has 0 aliphatic carbocycles. The molecule has 0 aliphatic heterocycles. The molecule has 190 valence electrons. The predicted molar refractivity (Wildman–Crippen MR) is 152 cm³/mol. The zero-order valence-corrected chi connectivity index (χ0v) is 22.5. The van der Waals surface area contributed by atoms with Gasteiger partial charge in [-0.3, -0.25) is 4.79 Å². The van der Waals surface area contributed by atoms with Crippen molar-refractivity contribution in [1.82, 2.24) is 0 Å². The fourth-order valence-electron chi connectivity index (χ4n) is 3.79. The van der Waals surface area contributed by atoms with Gasteiger partial charge >= 0.3 is 8.03 Å². The number of carbonyl (C=O) groups is 1. The highest BCUT2D eigenvalue weighted by molar-refractivity contribution is 7.48. The smallest absolute Gasteiger partial charge is 0.397 e. The van der Waals surface area contributed by atoms with Gasteiger partial charge in [-0.1, -0.05) is 42.5 Å². The zero-order valence-electron chi connectivity index (χ0n) is 20.8. The first-order chi connectivity index (χ1) is 17.7. The molecule has 0 bridgehead atoms. The molecule has 0 saturated carbocycles. The van der Waals surface area contributed by atoms with Gasteiger partial charge in [0.15, 0.2) is 0 Å². The van der Waals surface area contributed by atoms with E-state index in [1.165, 1.54) is 0 Å². The first-order valence-electron chi connectivity index (χ1n) is 12.0. The van der Waals surface area contributed by atoms with Crippen molar-refractivity contribution in [2.45, 2.75) is 38.4 Å². The van der Waals surface area contributed by atoms with E-state index in [4.69, 9.17) is 10.3 Å². The number of benzene rings is 3. The summed E-state index contributed by atoms with van der Waals surface area (Å²) in [7, 11) is -2.09. The molecule has 4 aromatic rings. The third kappa shape index (κ3) is 7.34. The molecule has 4 rings (SSSR count). The van der Waals surface area contributed by atoms with Crippen molar-refractivity contribution in [2.24, 2.45) is 0 Å². The Kier molecular flexibility index (Phi) is 8.52. The van der Waals surface area contributed by atoms with Crippen molar-refractivity contribution in [2.75, 3.05) is 11.1 Å². The molecule has 6 nitrogen and oxygen atoms in total. The van der Waals surface area contributed by atoms with Crippen LogP contribution in [0.25, 0.3) is 10.4 Å². The van der Waals surface area contributed by atoms with Crippen molar-refractivity contribution < 1.29 is 19.0 Å². The van der Waals surface area contributed by atoms with E-state index < -0.39 is 19.7 Å². The second kappa shape index (κ2) is 11.8. The highest BCUT2D eigenvalue weighted by Crippen LogP contribution is 2.36. The number of nitrogens with one attached hydrogen (secondary N) is 1. The third-order valence-electron chi connectivity index (χ3n) is 5.86. The van der Waals surface area contributed by atoms with Gasteiger partial charge in [-0.05, 0) is 90.2 Å². The quantitative estimate of drug-likeness (QED) is 0.152. The van der Waals surface area contributed by atoms with Crippen LogP contribution in [0.15, 0.2) is 90.3 Å². The Balaban J connectivity index is 1.50. The predicted octanol–water partition coefficient (Wildman–Crippen LogP) is 6.93. The first-order valence-corrected chi connectivity index (χ1v) is 14.0. The number of rotatable bonds is 10. The third-order valence-corrected chi connectivity index (χ3v) is 7.94. The molecule has 0 saturated heterocycles. The average Bonchev–Trinajstić information content (AvgIpc) is 3.43. The maximum atomic E-state index is 13.0. The standard InChI is InChI=1S/C29H29N2O4PS/c1-29(2,33)17-16-26(35-36(34)23-7-4-3-5-8-23)20-10-12-21(13-11-20)28(32)31-25-19-22(14-15-24(25)30)27-9-6-18-37-27/h3-15,18-19,26,33H,16-17,30H2,1-2H3/p+1. The maximum absolute atomic E-state index is 13.0. The summed E-state index contributed by atoms with van der Waals surface area (Å²) >= 11 is 1.62. The van der Waals surface area contributed by atoms with Crippen LogP contribution < -0.4 is 16.4 Å². The van der Waals surface area contributed by atoms with Gasteiger partial charge in [0.25, 0.3) is 5.91 Å². The van der Waals surface area contributed by atoms with Crippen LogP contribution in [0.2, 0.25) is 0 Å². The molecule has 8 heteroatoms. The van der Waals surface area contributed by atoms with Crippen LogP contribution in [0.5, 0.6) is 0 Å². The van der Waals surface area contributed by atoms with Gasteiger partial charge in [0.2, 0.25) is 5.30 Å². The molecule has 3 aromatic carbocycles. The summed E-state index contributed by atoms with van der Waals surface area (Å²) in [6, 6.07) is 25.6. The Morgan fingerprint density at radius 3 is 2.43 bits per heavy atom. The second-order valence-corrected chi connectivity index (χ2v) is 11.6. The van der Waals surface area contributed by atoms with Crippen molar-refractivity contribution >= 4 is 42.0 Å². The number of nitrogen functional groups attached to an aromatic ring is 1. The van der Waals surface area contributed by atoms with Gasteiger partial charge < -0.3 is 16.2 Å². The SMILES string of the molecule is CC(C)(O)CCC(O[P+](=O)c1ccccc1)c1ccc(C(=O)Nc2cc(-c3cccs3)ccc2N)cc1. The van der Waals surface area contributed by atoms with E-state index >= 15 is 0 Å². The highest BCUT2D eigenvalue weighted by atomic mass is 32.1. The van der Waals surface area contributed by atoms with Crippen molar-refractivity contribution in [3.63, 3.8) is 0 Å². The average molecular weight is 534 g/mol. The molecule has 0 radical (unpaired) electrons. The monoisotopic (exact) mass is 533 g/mol. The zero-order chi connectivity index (χ0) is 26.4. The first kappa shape index (κ1) is 26.7. The molecule has 1 heterocycles. The van der Waals surface area contributed by atoms with Crippen LogP contribution >= 0.6 is 19.4 Å². The van der Waals surface area contributed by atoms with Crippen molar-refractivity contribution in [1.29, 1.82) is 0 Å². The fourth-order valence-corrected chi connectivity index (χ4v) is 5.51. The van der Waals surface area contributed by atoms with E-state index in [-0.39, 0.29) is 5.91 Å². The summed E-state index contributed by atoms with van der Waals surface area (Å²) in [5.74, 6) is -0.286. The van der Waals surface area contributed by atoms with Gasteiger partial charge in [0.1, 0.15) is 6.10 Å². The van der Waals surface area contributed by atoms with Gasteiger partial charge in [0, 0.05) is 10.4 Å². The Labute approximate surface area is 222 Å². The number of hydrogen-bond donors (Lipinski definition) is 3. The van der Waals surface area contributed by atoms with Gasteiger partial charge in [-0.2, -0.15) is 0 Å². The molecule has 0 fully saturated rings. The topological polar surface area (TPSA) is 102 Å². The summed E-state index contributed by atoms with van der Waals surface area (Å²) in [5.41, 5.74) is 8.47. The molecule has 4 N–H and O–H groups in total. The fraction of sp³-hybridized carbons (Fsp3) is 0.207. The Hall–Kier alpha value is -3.35. The van der Waals surface area contributed by atoms with E-state index in [0.29, 0.717) is 35.1 Å². The lowest BCUT2D eigenvalue weighted by molar-refractivity contribution is 0.0544. The lowest BCUT2D eigenvalue weighted by Crippen LogP contribution is -2.20. The second-order valence-electron chi connectivity index (χ2n) is 9.39. The minimum absolute atomic E-state index is 0.286. The molecular weight excluding hydrogens is 503 g/mol. The molecule has 2 unspecified atom stereocenters. The number of hydrogen-bond acceptors (Lipinski definition) is 6. The van der Waals surface area contributed by atoms with Gasteiger partial charge in [-0.25, -0.2) is 0 Å². The van der Waals surface area contributed by atoms with Gasteiger partial charge in [0.05, 0.1) is 17.0 Å². The summed E-state index contributed by atoms with van der Waals surface area (Å²) in [4.78, 5) is 14.1. The molecule has 1 aromatic heterocycles. The van der Waals surface area contributed by atoms with E-state index in [0.717, 1.165) is 16.0 Å². The number of nitrogens with two attached hydrogens (primary N) is 1. The van der Waals surface area contributed by atoms with Crippen molar-refractivity contribution in [3.8, 4) is 10.4 Å². The van der Waals surface area contributed by atoms with Gasteiger partial charge in [-0.15, -0.1) is 15.9 Å². The summed E-state index contributed by atoms with van der Waals surface area (Å²) in [5, 5.41) is 15.7. The van der Waals surface area contributed by atoms with Crippen LogP contribution in [0.1, 0.15) is 48.7 Å². The lowest BCUT2D eigenvalue weighted by atomic mass is 9.96. The molecule has 1 amide bonds. The molecule has 0 spiro atoms. The summed E-state index contributed by atoms with van der Waals surface area (Å²) in [6.07, 6.45) is 0.415. The Bertz CT molecular complexity index is 1350. The number of thiophene rings is 1. The van der Waals surface area contributed by atoms with E-state index in [9.17, 15) is 14.5 Å². The normalized spacial score (nSPS) is 12.7. The van der Waals surface area contributed by atoms with Crippen LogP contribution in [0.3, 0.4) is 0 Å². The summed E-state index contributed by atoms with van der Waals surface area (Å²) in [6.45, 7) is 3.46. The van der Waals surface area contributed by atoms with Crippen LogP contribution in [-0.4, -0.2) is 16.6 Å². The molecular formula is C29H30N2O4PS+. The van der Waals surface area contributed by atoms with Crippen molar-refractivity contribution in [3.05, 3.63) is 101 Å². The minimum atomic E-state index is -2.09. The van der Waals surface area contributed by atoms with E-state index in [2.05, 4.69) is 5.32 Å². The highest BCUT2D eigenvalue weighted by Gasteiger charge is 2.30. The molecule has 2 atom stereocenters. The van der Waals surface area contributed by atoms with Crippen LogP contribution in [-0.2, 0) is 9.09 Å². The van der Waals surface area contributed by atoms with E-state index in [1.807, 2.05) is 47.8 Å². The number of aliphatic hydroxyl groups is 1. The maximum Gasteiger partial charge on any atom is 0.549 e. The van der Waals surface area contributed by atoms with E-state index in [1.54, 1.807) is 67.6 Å². The molecule has 0 aliphatic rings. The van der Waals surface area contributed by atoms with Crippen LogP contribution in [0.4, 0.5) is 11.4 Å². The minimum Gasteiger partial charge on any atom is -0.397 e. The Morgan fingerprint density at radius 2 is 1.78 bits per heavy atom.